The van der Waals surface area contributed by atoms with Crippen LogP contribution in [-0.2, 0) is 12.6 Å². The van der Waals surface area contributed by atoms with E-state index >= 15 is 0 Å². The first kappa shape index (κ1) is 20.8. The summed E-state index contributed by atoms with van der Waals surface area (Å²) in [7, 11) is 0. The van der Waals surface area contributed by atoms with E-state index in [-0.39, 0.29) is 24.5 Å². The number of fused-ring (bicyclic) bond motifs is 1. The number of hydrogen-bond acceptors (Lipinski definition) is 4. The van der Waals surface area contributed by atoms with Gasteiger partial charge in [0.05, 0.1) is 0 Å². The van der Waals surface area contributed by atoms with E-state index in [1.807, 2.05) is 48.5 Å². The standard InChI is InChI=1S/C21H16F3N3O.ClH/c22-21(23,24)19-11-5-6-13(26-19)12-17(25)14-7-1-2-8-15(14)20-16-9-3-4-10-18(16)28-27-20;/h1-11,17H,12,25H2;1H/t17-;/m0./s1. The Morgan fingerprint density at radius 1 is 0.931 bits per heavy atom. The van der Waals surface area contributed by atoms with Crippen LogP contribution in [0.1, 0.15) is 23.0 Å². The molecular weight excluding hydrogens is 403 g/mol. The smallest absolute Gasteiger partial charge is 0.356 e. The van der Waals surface area contributed by atoms with Gasteiger partial charge in [0.15, 0.2) is 5.58 Å². The lowest BCUT2D eigenvalue weighted by atomic mass is 9.94. The van der Waals surface area contributed by atoms with Crippen LogP contribution in [0.4, 0.5) is 13.2 Å². The molecule has 0 saturated heterocycles. The number of nitrogens with zero attached hydrogens (tertiary/aromatic N) is 2. The highest BCUT2D eigenvalue weighted by Crippen LogP contribution is 2.33. The van der Waals surface area contributed by atoms with Crippen LogP contribution in [0.2, 0.25) is 0 Å². The number of halogens is 4. The molecule has 0 amide bonds. The fraction of sp³-hybridized carbons (Fsp3) is 0.143. The predicted octanol–water partition coefficient (Wildman–Crippen LogP) is 5.57. The molecule has 0 saturated carbocycles. The number of aromatic nitrogens is 2. The zero-order valence-electron chi connectivity index (χ0n) is 15.1. The zero-order valence-corrected chi connectivity index (χ0v) is 15.9. The third kappa shape index (κ3) is 4.26. The van der Waals surface area contributed by atoms with Crippen LogP contribution in [0.5, 0.6) is 0 Å². The summed E-state index contributed by atoms with van der Waals surface area (Å²) < 4.78 is 44.1. The molecular formula is C21H17ClF3N3O. The summed E-state index contributed by atoms with van der Waals surface area (Å²) in [5.41, 5.74) is 8.57. The van der Waals surface area contributed by atoms with Crippen LogP contribution in [0.15, 0.2) is 71.3 Å². The molecule has 0 bridgehead atoms. The van der Waals surface area contributed by atoms with E-state index in [2.05, 4.69) is 10.1 Å². The number of nitrogens with two attached hydrogens (primary N) is 1. The molecule has 2 aromatic heterocycles. The quantitative estimate of drug-likeness (QED) is 0.469. The maximum Gasteiger partial charge on any atom is 0.433 e. The van der Waals surface area contributed by atoms with Crippen molar-refractivity contribution in [1.29, 1.82) is 0 Å². The molecule has 0 unspecified atom stereocenters. The Bertz CT molecular complexity index is 1130. The molecule has 4 nitrogen and oxygen atoms in total. The number of benzene rings is 2. The van der Waals surface area contributed by atoms with E-state index in [1.54, 1.807) is 6.07 Å². The molecule has 0 radical (unpaired) electrons. The summed E-state index contributed by atoms with van der Waals surface area (Å²) in [4.78, 5) is 3.71. The molecule has 4 aromatic rings. The molecule has 29 heavy (non-hydrogen) atoms. The first-order chi connectivity index (χ1) is 13.4. The van der Waals surface area contributed by atoms with Gasteiger partial charge in [-0.1, -0.05) is 47.6 Å². The fourth-order valence-electron chi connectivity index (χ4n) is 3.20. The lowest BCUT2D eigenvalue weighted by Gasteiger charge is -2.16. The van der Waals surface area contributed by atoms with E-state index in [1.165, 1.54) is 6.07 Å². The van der Waals surface area contributed by atoms with Gasteiger partial charge in [0.2, 0.25) is 0 Å². The van der Waals surface area contributed by atoms with Crippen molar-refractivity contribution < 1.29 is 17.7 Å². The molecule has 0 aliphatic rings. The summed E-state index contributed by atoms with van der Waals surface area (Å²) >= 11 is 0. The van der Waals surface area contributed by atoms with Gasteiger partial charge < -0.3 is 10.3 Å². The third-order valence-corrected chi connectivity index (χ3v) is 4.52. The molecule has 0 fully saturated rings. The normalized spacial score (nSPS) is 12.6. The maximum atomic E-state index is 12.9. The molecule has 4 rings (SSSR count). The van der Waals surface area contributed by atoms with Crippen molar-refractivity contribution in [2.24, 2.45) is 5.73 Å². The number of alkyl halides is 3. The second-order valence-electron chi connectivity index (χ2n) is 6.44. The Hall–Kier alpha value is -2.90. The van der Waals surface area contributed by atoms with Crippen LogP contribution in [0.3, 0.4) is 0 Å². The highest BCUT2D eigenvalue weighted by molar-refractivity contribution is 5.92. The van der Waals surface area contributed by atoms with Crippen molar-refractivity contribution in [1.82, 2.24) is 10.1 Å². The lowest BCUT2D eigenvalue weighted by molar-refractivity contribution is -0.141. The van der Waals surface area contributed by atoms with Crippen molar-refractivity contribution >= 4 is 23.4 Å². The van der Waals surface area contributed by atoms with Crippen molar-refractivity contribution in [3.63, 3.8) is 0 Å². The van der Waals surface area contributed by atoms with Crippen LogP contribution in [0.25, 0.3) is 22.2 Å². The van der Waals surface area contributed by atoms with Crippen molar-refractivity contribution in [2.75, 3.05) is 0 Å². The molecule has 2 aromatic carbocycles. The zero-order chi connectivity index (χ0) is 19.7. The Balaban J connectivity index is 0.00000240. The molecule has 2 heterocycles. The summed E-state index contributed by atoms with van der Waals surface area (Å²) in [6.07, 6.45) is -4.33. The Morgan fingerprint density at radius 2 is 1.66 bits per heavy atom. The number of rotatable bonds is 4. The Labute approximate surface area is 170 Å². The van der Waals surface area contributed by atoms with Gasteiger partial charge in [-0.25, -0.2) is 4.98 Å². The van der Waals surface area contributed by atoms with Gasteiger partial charge in [-0.3, -0.25) is 0 Å². The fourth-order valence-corrected chi connectivity index (χ4v) is 3.20. The van der Waals surface area contributed by atoms with E-state index < -0.39 is 17.9 Å². The number of hydrogen-bond donors (Lipinski definition) is 1. The van der Waals surface area contributed by atoms with Gasteiger partial charge in [0.1, 0.15) is 11.4 Å². The van der Waals surface area contributed by atoms with Gasteiger partial charge in [-0.15, -0.1) is 12.4 Å². The average molecular weight is 420 g/mol. The van der Waals surface area contributed by atoms with Gasteiger partial charge in [0.25, 0.3) is 0 Å². The van der Waals surface area contributed by atoms with E-state index in [4.69, 9.17) is 10.3 Å². The average Bonchev–Trinajstić information content (AvgIpc) is 3.11. The van der Waals surface area contributed by atoms with Crippen LogP contribution < -0.4 is 5.73 Å². The molecule has 0 spiro atoms. The monoisotopic (exact) mass is 419 g/mol. The van der Waals surface area contributed by atoms with Gasteiger partial charge >= 0.3 is 6.18 Å². The number of para-hydroxylation sites is 1. The largest absolute Gasteiger partial charge is 0.433 e. The van der Waals surface area contributed by atoms with Crippen LogP contribution in [-0.4, -0.2) is 10.1 Å². The SMILES string of the molecule is Cl.N[C@@H](Cc1cccc(C(F)(F)F)n1)c1ccccc1-c1noc2ccccc12. The van der Waals surface area contributed by atoms with Crippen molar-refractivity contribution in [3.05, 3.63) is 83.7 Å². The third-order valence-electron chi connectivity index (χ3n) is 4.52. The first-order valence-corrected chi connectivity index (χ1v) is 8.66. The topological polar surface area (TPSA) is 64.9 Å². The Morgan fingerprint density at radius 3 is 2.45 bits per heavy atom. The second-order valence-corrected chi connectivity index (χ2v) is 6.44. The second kappa shape index (κ2) is 8.23. The molecule has 0 aliphatic heterocycles. The minimum atomic E-state index is -4.49. The summed E-state index contributed by atoms with van der Waals surface area (Å²) in [5.74, 6) is 0. The van der Waals surface area contributed by atoms with Gasteiger partial charge in [0, 0.05) is 29.1 Å². The Kier molecular flexibility index (Phi) is 5.91. The molecule has 2 N–H and O–H groups in total. The van der Waals surface area contributed by atoms with Crippen molar-refractivity contribution in [3.8, 4) is 11.3 Å². The molecule has 0 aliphatic carbocycles. The van der Waals surface area contributed by atoms with E-state index in [0.29, 0.717) is 11.3 Å². The van der Waals surface area contributed by atoms with Crippen molar-refractivity contribution in [2.45, 2.75) is 18.6 Å². The highest BCUT2D eigenvalue weighted by atomic mass is 35.5. The van der Waals surface area contributed by atoms with Crippen LogP contribution >= 0.6 is 12.4 Å². The highest BCUT2D eigenvalue weighted by Gasteiger charge is 2.32. The minimum Gasteiger partial charge on any atom is -0.356 e. The predicted molar refractivity (Wildman–Crippen MR) is 107 cm³/mol. The molecule has 1 atom stereocenters. The van der Waals surface area contributed by atoms with E-state index in [9.17, 15) is 13.2 Å². The summed E-state index contributed by atoms with van der Waals surface area (Å²) in [6, 6.07) is 18.2. The van der Waals surface area contributed by atoms with Gasteiger partial charge in [-0.05, 0) is 29.8 Å². The first-order valence-electron chi connectivity index (χ1n) is 8.66. The minimum absolute atomic E-state index is 0. The summed E-state index contributed by atoms with van der Waals surface area (Å²) in [6.45, 7) is 0. The lowest BCUT2D eigenvalue weighted by Crippen LogP contribution is -2.17. The molecule has 150 valence electrons. The molecule has 8 heteroatoms. The van der Waals surface area contributed by atoms with E-state index in [0.717, 1.165) is 22.6 Å². The number of pyridine rings is 1. The van der Waals surface area contributed by atoms with Crippen LogP contribution in [0, 0.1) is 0 Å². The summed E-state index contributed by atoms with van der Waals surface area (Å²) in [5, 5.41) is 5.01. The van der Waals surface area contributed by atoms with Gasteiger partial charge in [-0.2, -0.15) is 13.2 Å². The maximum absolute atomic E-state index is 12.9.